The Morgan fingerprint density at radius 2 is 1.52 bits per heavy atom. The maximum Gasteiger partial charge on any atom is 0.303 e. The number of carbonyl (C=O) groups is 2. The molecule has 0 aliphatic carbocycles. The van der Waals surface area contributed by atoms with Crippen molar-refractivity contribution in [3.8, 4) is 0 Å². The van der Waals surface area contributed by atoms with Gasteiger partial charge in [0.05, 0.1) is 25.2 Å². The third-order valence-corrected chi connectivity index (χ3v) is 4.14. The standard InChI is InChI=1S/C10H22O3S.C4H6O4.Na/c1-4-7-8-10(5-2)9-13-14(11,12)6-3;5-3(6)1-2-4(7)8;/h10H,4-9H2,1-3H3;1-2H2,(H,5,6)(H,7,8);. The molecule has 0 rings (SSSR count). The Morgan fingerprint density at radius 3 is 1.83 bits per heavy atom. The van der Waals surface area contributed by atoms with Gasteiger partial charge in [0.2, 0.25) is 0 Å². The van der Waals surface area contributed by atoms with E-state index in [0.29, 0.717) is 12.5 Å². The van der Waals surface area contributed by atoms with Gasteiger partial charge in [0.25, 0.3) is 10.1 Å². The fraction of sp³-hybridized carbons (Fsp3) is 0.857. The molecule has 0 aliphatic rings. The molecule has 1 unspecified atom stereocenters. The predicted molar refractivity (Wildman–Crippen MR) is 89.0 cm³/mol. The molecule has 9 heteroatoms. The number of aliphatic carboxylic acids is 2. The molecule has 0 saturated carbocycles. The van der Waals surface area contributed by atoms with Gasteiger partial charge in [-0.15, -0.1) is 0 Å². The quantitative estimate of drug-likeness (QED) is 0.426. The van der Waals surface area contributed by atoms with Crippen LogP contribution in [-0.2, 0) is 23.9 Å². The van der Waals surface area contributed by atoms with Gasteiger partial charge in [-0.3, -0.25) is 13.8 Å². The summed E-state index contributed by atoms with van der Waals surface area (Å²) in [4.78, 5) is 19.3. The average Bonchev–Trinajstić information content (AvgIpc) is 2.46. The maximum atomic E-state index is 11.1. The second-order valence-electron chi connectivity index (χ2n) is 4.83. The fourth-order valence-electron chi connectivity index (χ4n) is 1.40. The third kappa shape index (κ3) is 21.9. The van der Waals surface area contributed by atoms with Gasteiger partial charge in [0, 0.05) is 29.6 Å². The summed E-state index contributed by atoms with van der Waals surface area (Å²) in [6.45, 7) is 6.16. The molecule has 0 aromatic heterocycles. The van der Waals surface area contributed by atoms with Crippen molar-refractivity contribution < 1.29 is 32.4 Å². The molecule has 23 heavy (non-hydrogen) atoms. The van der Waals surface area contributed by atoms with Crippen molar-refractivity contribution in [1.82, 2.24) is 0 Å². The molecule has 0 amide bonds. The van der Waals surface area contributed by atoms with Crippen LogP contribution in [0.25, 0.3) is 0 Å². The van der Waals surface area contributed by atoms with Gasteiger partial charge in [0.1, 0.15) is 0 Å². The van der Waals surface area contributed by atoms with Crippen molar-refractivity contribution in [1.29, 1.82) is 0 Å². The van der Waals surface area contributed by atoms with Gasteiger partial charge in [-0.25, -0.2) is 0 Å². The number of hydrogen-bond acceptors (Lipinski definition) is 5. The van der Waals surface area contributed by atoms with Crippen LogP contribution in [0.1, 0.15) is 59.3 Å². The first kappa shape index (κ1) is 27.7. The summed E-state index contributed by atoms with van der Waals surface area (Å²) in [6.07, 6.45) is 3.75. The zero-order valence-corrected chi connectivity index (χ0v) is 17.4. The van der Waals surface area contributed by atoms with Crippen LogP contribution in [0.2, 0.25) is 0 Å². The predicted octanol–water partition coefficient (Wildman–Crippen LogP) is 2.12. The molecule has 0 heterocycles. The zero-order chi connectivity index (χ0) is 17.6. The SMILES string of the molecule is CCCCC(CC)COS(=O)(=O)CC.O=C(O)CCC(=O)O.[Na]. The Hall–Kier alpha value is -0.150. The zero-order valence-electron chi connectivity index (χ0n) is 14.6. The minimum atomic E-state index is -3.25. The molecule has 0 bridgehead atoms. The van der Waals surface area contributed by atoms with Gasteiger partial charge in [-0.2, -0.15) is 8.42 Å². The summed E-state index contributed by atoms with van der Waals surface area (Å²) in [5, 5.41) is 15.8. The maximum absolute atomic E-state index is 11.1. The van der Waals surface area contributed by atoms with Crippen LogP contribution in [0, 0.1) is 5.92 Å². The third-order valence-electron chi connectivity index (χ3n) is 2.93. The van der Waals surface area contributed by atoms with Gasteiger partial charge in [-0.05, 0) is 19.3 Å². The molecule has 2 N–H and O–H groups in total. The van der Waals surface area contributed by atoms with E-state index in [2.05, 4.69) is 13.8 Å². The van der Waals surface area contributed by atoms with E-state index in [1.54, 1.807) is 6.92 Å². The van der Waals surface area contributed by atoms with Crippen molar-refractivity contribution in [2.24, 2.45) is 5.92 Å². The van der Waals surface area contributed by atoms with Gasteiger partial charge in [0.15, 0.2) is 0 Å². The first-order valence-corrected chi connectivity index (χ1v) is 9.06. The molecule has 0 fully saturated rings. The molecular formula is C14H28NaO7S. The van der Waals surface area contributed by atoms with E-state index in [1.165, 1.54) is 0 Å². The summed E-state index contributed by atoms with van der Waals surface area (Å²) in [7, 11) is -3.25. The van der Waals surface area contributed by atoms with E-state index in [4.69, 9.17) is 14.4 Å². The minimum absolute atomic E-state index is 0. The average molecular weight is 363 g/mol. The van der Waals surface area contributed by atoms with E-state index < -0.39 is 22.1 Å². The van der Waals surface area contributed by atoms with Crippen LogP contribution in [-0.4, -0.2) is 72.5 Å². The van der Waals surface area contributed by atoms with Crippen LogP contribution < -0.4 is 0 Å². The van der Waals surface area contributed by atoms with Crippen molar-refractivity contribution in [2.45, 2.75) is 59.3 Å². The summed E-state index contributed by atoms with van der Waals surface area (Å²) in [5.74, 6) is -1.70. The van der Waals surface area contributed by atoms with E-state index in [0.717, 1.165) is 25.7 Å². The van der Waals surface area contributed by atoms with Gasteiger partial charge >= 0.3 is 11.9 Å². The molecule has 1 radical (unpaired) electrons. The minimum Gasteiger partial charge on any atom is -0.481 e. The van der Waals surface area contributed by atoms with E-state index in [1.807, 2.05) is 0 Å². The molecule has 1 atom stereocenters. The normalized spacial score (nSPS) is 11.6. The van der Waals surface area contributed by atoms with Crippen molar-refractivity contribution >= 4 is 51.6 Å². The van der Waals surface area contributed by atoms with Crippen LogP contribution in [0.3, 0.4) is 0 Å². The smallest absolute Gasteiger partial charge is 0.303 e. The van der Waals surface area contributed by atoms with Gasteiger partial charge < -0.3 is 10.2 Å². The molecule has 133 valence electrons. The monoisotopic (exact) mass is 363 g/mol. The molecule has 0 aromatic rings. The molecule has 0 aliphatic heterocycles. The van der Waals surface area contributed by atoms with Crippen LogP contribution in [0.5, 0.6) is 0 Å². The molecule has 7 nitrogen and oxygen atoms in total. The largest absolute Gasteiger partial charge is 0.481 e. The Labute approximate surface area is 161 Å². The number of rotatable bonds is 11. The second-order valence-corrected chi connectivity index (χ2v) is 6.76. The number of carboxylic acid groups (broad SMARTS) is 2. The summed E-state index contributed by atoms with van der Waals surface area (Å²) >= 11 is 0. The molecule has 0 aromatic carbocycles. The van der Waals surface area contributed by atoms with Crippen molar-refractivity contribution in [3.05, 3.63) is 0 Å². The molecule has 0 saturated heterocycles. The Balaban J connectivity index is -0.000000382. The number of unbranched alkanes of at least 4 members (excludes halogenated alkanes) is 1. The summed E-state index contributed by atoms with van der Waals surface area (Å²) in [5.41, 5.74) is 0. The second kappa shape index (κ2) is 16.7. The Kier molecular flexibility index (Phi) is 20.1. The molecular weight excluding hydrogens is 335 g/mol. The van der Waals surface area contributed by atoms with Crippen LogP contribution >= 0.6 is 0 Å². The topological polar surface area (TPSA) is 118 Å². The van der Waals surface area contributed by atoms with Crippen molar-refractivity contribution in [2.75, 3.05) is 12.4 Å². The summed E-state index contributed by atoms with van der Waals surface area (Å²) < 4.78 is 27.0. The first-order chi connectivity index (χ1) is 10.2. The van der Waals surface area contributed by atoms with E-state index >= 15 is 0 Å². The number of hydrogen-bond donors (Lipinski definition) is 2. The van der Waals surface area contributed by atoms with Crippen LogP contribution in [0.4, 0.5) is 0 Å². The van der Waals surface area contributed by atoms with Crippen molar-refractivity contribution in [3.63, 3.8) is 0 Å². The Morgan fingerprint density at radius 1 is 1.04 bits per heavy atom. The van der Waals surface area contributed by atoms with E-state index in [9.17, 15) is 18.0 Å². The van der Waals surface area contributed by atoms with Crippen LogP contribution in [0.15, 0.2) is 0 Å². The molecule has 0 spiro atoms. The van der Waals surface area contributed by atoms with Gasteiger partial charge in [-0.1, -0.05) is 33.1 Å². The summed E-state index contributed by atoms with van der Waals surface area (Å²) in [6, 6.07) is 0. The van der Waals surface area contributed by atoms with E-state index in [-0.39, 0.29) is 48.2 Å². The fourth-order valence-corrected chi connectivity index (χ4v) is 1.96. The number of carboxylic acids is 2. The Bertz CT molecular complexity index is 395. The first-order valence-electron chi connectivity index (χ1n) is 7.49.